The van der Waals surface area contributed by atoms with Crippen LogP contribution in [0.15, 0.2) is 41.5 Å². The Morgan fingerprint density at radius 1 is 1.08 bits per heavy atom. The highest BCUT2D eigenvalue weighted by molar-refractivity contribution is 7.11. The highest BCUT2D eigenvalue weighted by Gasteiger charge is 2.05. The van der Waals surface area contributed by atoms with Gasteiger partial charge in [-0.1, -0.05) is 24.3 Å². The molecule has 0 fully saturated rings. The number of hydrogen-bond donors (Lipinski definition) is 2. The van der Waals surface area contributed by atoms with E-state index in [0.717, 1.165) is 43.1 Å². The lowest BCUT2D eigenvalue weighted by atomic mass is 10.1. The van der Waals surface area contributed by atoms with Crippen LogP contribution in [-0.4, -0.2) is 36.1 Å². The van der Waals surface area contributed by atoms with Gasteiger partial charge in [0.2, 0.25) is 0 Å². The standard InChI is InChI=1S/C20H25N5S/c1-14-15(2)26-18(25-14)10-13-24-20(21-3)23-12-9-17-7-4-6-16-8-5-11-22-19(16)17/h4-8,11H,9-10,12-13H2,1-3H3,(H2,21,23,24). The van der Waals surface area contributed by atoms with Gasteiger partial charge >= 0.3 is 0 Å². The summed E-state index contributed by atoms with van der Waals surface area (Å²) >= 11 is 1.77. The van der Waals surface area contributed by atoms with Crippen LogP contribution in [-0.2, 0) is 12.8 Å². The second-order valence-corrected chi connectivity index (χ2v) is 7.45. The van der Waals surface area contributed by atoms with E-state index in [1.54, 1.807) is 18.4 Å². The molecule has 2 N–H and O–H groups in total. The normalized spacial score (nSPS) is 11.7. The van der Waals surface area contributed by atoms with Crippen molar-refractivity contribution in [2.24, 2.45) is 4.99 Å². The van der Waals surface area contributed by atoms with Crippen LogP contribution in [0.25, 0.3) is 10.9 Å². The molecule has 0 unspecified atom stereocenters. The number of hydrogen-bond acceptors (Lipinski definition) is 4. The minimum absolute atomic E-state index is 0.810. The number of para-hydroxylation sites is 1. The molecule has 1 aromatic carbocycles. The zero-order chi connectivity index (χ0) is 18.4. The highest BCUT2D eigenvalue weighted by Crippen LogP contribution is 2.17. The molecule has 3 aromatic rings. The van der Waals surface area contributed by atoms with E-state index in [-0.39, 0.29) is 0 Å². The Balaban J connectivity index is 1.48. The fourth-order valence-corrected chi connectivity index (χ4v) is 3.77. The molecular weight excluding hydrogens is 342 g/mol. The Labute approximate surface area is 158 Å². The van der Waals surface area contributed by atoms with E-state index in [4.69, 9.17) is 0 Å². The fraction of sp³-hybridized carbons (Fsp3) is 0.350. The first-order chi connectivity index (χ1) is 12.7. The fourth-order valence-electron chi connectivity index (χ4n) is 2.84. The molecule has 2 aromatic heterocycles. The van der Waals surface area contributed by atoms with E-state index in [2.05, 4.69) is 63.7 Å². The van der Waals surface area contributed by atoms with Crippen LogP contribution in [0.5, 0.6) is 0 Å². The summed E-state index contributed by atoms with van der Waals surface area (Å²) in [6.45, 7) is 5.81. The summed E-state index contributed by atoms with van der Waals surface area (Å²) in [5.74, 6) is 0.822. The van der Waals surface area contributed by atoms with E-state index in [1.807, 2.05) is 12.3 Å². The van der Waals surface area contributed by atoms with E-state index in [9.17, 15) is 0 Å². The Morgan fingerprint density at radius 3 is 2.58 bits per heavy atom. The molecule has 26 heavy (non-hydrogen) atoms. The number of nitrogens with one attached hydrogen (secondary N) is 2. The van der Waals surface area contributed by atoms with Crippen molar-refractivity contribution in [1.29, 1.82) is 0 Å². The van der Waals surface area contributed by atoms with Crippen LogP contribution in [0, 0.1) is 13.8 Å². The van der Waals surface area contributed by atoms with Crippen molar-refractivity contribution >= 4 is 28.2 Å². The van der Waals surface area contributed by atoms with E-state index < -0.39 is 0 Å². The lowest BCUT2D eigenvalue weighted by Crippen LogP contribution is -2.39. The number of thiazole rings is 1. The number of aromatic nitrogens is 2. The third kappa shape index (κ3) is 4.58. The van der Waals surface area contributed by atoms with Gasteiger partial charge in [-0.25, -0.2) is 4.98 Å². The summed E-state index contributed by atoms with van der Waals surface area (Å²) in [6, 6.07) is 10.4. The SMILES string of the molecule is CN=C(NCCc1nc(C)c(C)s1)NCCc1cccc2cccnc12. The first-order valence-electron chi connectivity index (χ1n) is 8.87. The zero-order valence-corrected chi connectivity index (χ0v) is 16.4. The van der Waals surface area contributed by atoms with Crippen LogP contribution in [0.1, 0.15) is 21.1 Å². The van der Waals surface area contributed by atoms with Crippen molar-refractivity contribution in [1.82, 2.24) is 20.6 Å². The van der Waals surface area contributed by atoms with Crippen LogP contribution in [0.2, 0.25) is 0 Å². The Hall–Kier alpha value is -2.47. The molecule has 0 radical (unpaired) electrons. The van der Waals surface area contributed by atoms with Crippen LogP contribution >= 0.6 is 11.3 Å². The van der Waals surface area contributed by atoms with Crippen molar-refractivity contribution in [3.63, 3.8) is 0 Å². The third-order valence-corrected chi connectivity index (χ3v) is 5.46. The molecule has 0 amide bonds. The number of rotatable bonds is 6. The van der Waals surface area contributed by atoms with Gasteiger partial charge in [0.05, 0.1) is 16.2 Å². The van der Waals surface area contributed by atoms with Crippen molar-refractivity contribution in [2.75, 3.05) is 20.1 Å². The molecule has 136 valence electrons. The number of aryl methyl sites for hydroxylation is 2. The predicted molar refractivity (Wildman–Crippen MR) is 110 cm³/mol. The van der Waals surface area contributed by atoms with Crippen molar-refractivity contribution < 1.29 is 0 Å². The van der Waals surface area contributed by atoms with Gasteiger partial charge in [-0.3, -0.25) is 9.98 Å². The Kier molecular flexibility index (Phi) is 6.17. The number of guanidine groups is 1. The number of benzene rings is 1. The van der Waals surface area contributed by atoms with Crippen molar-refractivity contribution in [2.45, 2.75) is 26.7 Å². The van der Waals surface area contributed by atoms with Gasteiger partial charge in [0.25, 0.3) is 0 Å². The Bertz CT molecular complexity index is 875. The van der Waals surface area contributed by atoms with Gasteiger partial charge in [-0.2, -0.15) is 0 Å². The third-order valence-electron chi connectivity index (χ3n) is 4.33. The average molecular weight is 368 g/mol. The molecule has 0 aliphatic heterocycles. The maximum absolute atomic E-state index is 4.57. The molecule has 0 bridgehead atoms. The summed E-state index contributed by atoms with van der Waals surface area (Å²) in [5, 5.41) is 9.09. The zero-order valence-electron chi connectivity index (χ0n) is 15.5. The van der Waals surface area contributed by atoms with Gasteiger partial charge in [0, 0.05) is 43.0 Å². The molecule has 0 spiro atoms. The first-order valence-corrected chi connectivity index (χ1v) is 9.69. The number of fused-ring (bicyclic) bond motifs is 1. The van der Waals surface area contributed by atoms with E-state index in [0.29, 0.717) is 0 Å². The maximum atomic E-state index is 4.57. The summed E-state index contributed by atoms with van der Waals surface area (Å²) in [7, 11) is 1.80. The van der Waals surface area contributed by atoms with Crippen LogP contribution in [0.3, 0.4) is 0 Å². The highest BCUT2D eigenvalue weighted by atomic mass is 32.1. The van der Waals surface area contributed by atoms with E-state index >= 15 is 0 Å². The molecule has 3 rings (SSSR count). The largest absolute Gasteiger partial charge is 0.356 e. The Morgan fingerprint density at radius 2 is 1.85 bits per heavy atom. The number of pyridine rings is 1. The topological polar surface area (TPSA) is 62.2 Å². The minimum Gasteiger partial charge on any atom is -0.356 e. The molecule has 0 aliphatic rings. The first kappa shape index (κ1) is 18.3. The molecule has 6 heteroatoms. The molecule has 0 saturated carbocycles. The number of nitrogens with zero attached hydrogens (tertiary/aromatic N) is 3. The van der Waals surface area contributed by atoms with Crippen LogP contribution < -0.4 is 10.6 Å². The van der Waals surface area contributed by atoms with Crippen molar-refractivity contribution in [3.05, 3.63) is 57.7 Å². The smallest absolute Gasteiger partial charge is 0.191 e. The maximum Gasteiger partial charge on any atom is 0.191 e. The van der Waals surface area contributed by atoms with Gasteiger partial charge < -0.3 is 10.6 Å². The number of aliphatic imine (C=N–C) groups is 1. The summed E-state index contributed by atoms with van der Waals surface area (Å²) in [6.07, 6.45) is 3.66. The van der Waals surface area contributed by atoms with E-state index in [1.165, 1.54) is 20.8 Å². The molecule has 0 atom stereocenters. The van der Waals surface area contributed by atoms with Crippen LogP contribution in [0.4, 0.5) is 0 Å². The molecular formula is C20H25N5S. The second kappa shape index (κ2) is 8.76. The lowest BCUT2D eigenvalue weighted by Gasteiger charge is -2.12. The predicted octanol–water partition coefficient (Wildman–Crippen LogP) is 3.26. The molecule has 2 heterocycles. The minimum atomic E-state index is 0.810. The van der Waals surface area contributed by atoms with Gasteiger partial charge in [0.15, 0.2) is 5.96 Å². The molecule has 5 nitrogen and oxygen atoms in total. The summed E-state index contributed by atoms with van der Waals surface area (Å²) in [5.41, 5.74) is 3.46. The van der Waals surface area contributed by atoms with Gasteiger partial charge in [-0.05, 0) is 31.9 Å². The average Bonchev–Trinajstić information content (AvgIpc) is 2.98. The van der Waals surface area contributed by atoms with Gasteiger partial charge in [-0.15, -0.1) is 11.3 Å². The summed E-state index contributed by atoms with van der Waals surface area (Å²) < 4.78 is 0. The quantitative estimate of drug-likeness (QED) is 0.519. The monoisotopic (exact) mass is 367 g/mol. The molecule has 0 saturated heterocycles. The van der Waals surface area contributed by atoms with Crippen molar-refractivity contribution in [3.8, 4) is 0 Å². The second-order valence-electron chi connectivity index (χ2n) is 6.17. The lowest BCUT2D eigenvalue weighted by molar-refractivity contribution is 0.782. The molecule has 0 aliphatic carbocycles. The van der Waals surface area contributed by atoms with Gasteiger partial charge in [0.1, 0.15) is 0 Å². The summed E-state index contributed by atoms with van der Waals surface area (Å²) in [4.78, 5) is 14.7.